The monoisotopic (exact) mass is 196 g/mol. The van der Waals surface area contributed by atoms with Crippen molar-refractivity contribution in [3.8, 4) is 0 Å². The molecule has 0 nitrogen and oxygen atoms in total. The smallest absolute Gasteiger partial charge is 0.00906 e. The number of fused-ring (bicyclic) bond motifs is 1. The van der Waals surface area contributed by atoms with E-state index in [2.05, 4.69) is 56.8 Å². The highest BCUT2D eigenvalue weighted by atomic mass is 14.3. The average Bonchev–Trinajstić information content (AvgIpc) is 2.49. The van der Waals surface area contributed by atoms with Crippen LogP contribution in [0.3, 0.4) is 0 Å². The first-order valence-electron chi connectivity index (χ1n) is 5.27. The van der Waals surface area contributed by atoms with E-state index in [0.717, 1.165) is 0 Å². The molecule has 2 rings (SSSR count). The van der Waals surface area contributed by atoms with E-state index in [1.807, 2.05) is 12.2 Å². The lowest BCUT2D eigenvalue weighted by Crippen LogP contribution is -2.10. The Labute approximate surface area is 91.6 Å². The molecular formula is C15H16. The van der Waals surface area contributed by atoms with Gasteiger partial charge in [-0.25, -0.2) is 0 Å². The summed E-state index contributed by atoms with van der Waals surface area (Å²) in [7, 11) is 0. The molecule has 0 saturated carbocycles. The van der Waals surface area contributed by atoms with Crippen molar-refractivity contribution in [2.45, 2.75) is 19.3 Å². The maximum absolute atomic E-state index is 3.70. The van der Waals surface area contributed by atoms with Crippen molar-refractivity contribution in [1.82, 2.24) is 0 Å². The Kier molecular flexibility index (Phi) is 2.36. The van der Waals surface area contributed by atoms with E-state index >= 15 is 0 Å². The molecule has 0 spiro atoms. The third-order valence-electron chi connectivity index (χ3n) is 2.86. The van der Waals surface area contributed by atoms with Crippen LogP contribution in [-0.2, 0) is 5.41 Å². The highest BCUT2D eigenvalue weighted by Gasteiger charge is 2.27. The number of allylic oxidation sites excluding steroid dienone is 5. The van der Waals surface area contributed by atoms with Gasteiger partial charge in [-0.1, -0.05) is 69.0 Å². The zero-order valence-electron chi connectivity index (χ0n) is 9.33. The molecule has 1 aromatic rings. The van der Waals surface area contributed by atoms with Gasteiger partial charge < -0.3 is 0 Å². The summed E-state index contributed by atoms with van der Waals surface area (Å²) in [4.78, 5) is 0. The zero-order valence-corrected chi connectivity index (χ0v) is 9.33. The fraction of sp³-hybridized carbons (Fsp3) is 0.200. The molecule has 0 N–H and O–H groups in total. The van der Waals surface area contributed by atoms with E-state index in [1.165, 1.54) is 16.7 Å². The van der Waals surface area contributed by atoms with E-state index in [9.17, 15) is 0 Å². The number of hydrogen-bond donors (Lipinski definition) is 0. The summed E-state index contributed by atoms with van der Waals surface area (Å²) in [5.41, 5.74) is 4.21. The molecule has 15 heavy (non-hydrogen) atoms. The Morgan fingerprint density at radius 1 is 1.20 bits per heavy atom. The zero-order chi connectivity index (χ0) is 10.9. The van der Waals surface area contributed by atoms with Gasteiger partial charge in [-0.15, -0.1) is 0 Å². The van der Waals surface area contributed by atoms with Gasteiger partial charge in [0.05, 0.1) is 0 Å². The van der Waals surface area contributed by atoms with Crippen LogP contribution < -0.4 is 0 Å². The molecule has 0 aliphatic heterocycles. The van der Waals surface area contributed by atoms with Gasteiger partial charge in [-0.05, 0) is 16.7 Å². The third kappa shape index (κ3) is 1.68. The van der Waals surface area contributed by atoms with Gasteiger partial charge in [-0.2, -0.15) is 0 Å². The predicted molar refractivity (Wildman–Crippen MR) is 66.8 cm³/mol. The van der Waals surface area contributed by atoms with Gasteiger partial charge in [-0.3, -0.25) is 0 Å². The van der Waals surface area contributed by atoms with Crippen LogP contribution in [0.5, 0.6) is 0 Å². The second kappa shape index (κ2) is 3.54. The molecule has 0 fully saturated rings. The molecule has 0 amide bonds. The summed E-state index contributed by atoms with van der Waals surface area (Å²) in [6.45, 7) is 8.20. The highest BCUT2D eigenvalue weighted by Crippen LogP contribution is 2.40. The lowest BCUT2D eigenvalue weighted by atomic mass is 9.87. The summed E-state index contributed by atoms with van der Waals surface area (Å²) in [6.07, 6.45) is 8.25. The molecular weight excluding hydrogens is 180 g/mol. The van der Waals surface area contributed by atoms with Crippen LogP contribution in [0.25, 0.3) is 5.57 Å². The van der Waals surface area contributed by atoms with Gasteiger partial charge >= 0.3 is 0 Å². The van der Waals surface area contributed by atoms with Gasteiger partial charge in [0.25, 0.3) is 0 Å². The second-order valence-corrected chi connectivity index (χ2v) is 4.46. The van der Waals surface area contributed by atoms with E-state index < -0.39 is 0 Å². The molecule has 1 aliphatic rings. The molecule has 0 aromatic heterocycles. The second-order valence-electron chi connectivity index (χ2n) is 4.46. The van der Waals surface area contributed by atoms with Crippen molar-refractivity contribution in [3.63, 3.8) is 0 Å². The Balaban J connectivity index is 2.52. The fourth-order valence-corrected chi connectivity index (χ4v) is 2.15. The van der Waals surface area contributed by atoms with Crippen LogP contribution in [0.1, 0.15) is 25.0 Å². The molecule has 0 saturated heterocycles. The molecule has 76 valence electrons. The Hall–Kier alpha value is -1.56. The van der Waals surface area contributed by atoms with Crippen LogP contribution in [0.4, 0.5) is 0 Å². The lowest BCUT2D eigenvalue weighted by molar-refractivity contribution is 0.683. The maximum atomic E-state index is 3.70. The van der Waals surface area contributed by atoms with Gasteiger partial charge in [0.15, 0.2) is 0 Å². The van der Waals surface area contributed by atoms with Gasteiger partial charge in [0.2, 0.25) is 0 Å². The number of benzene rings is 1. The van der Waals surface area contributed by atoms with Crippen molar-refractivity contribution in [2.75, 3.05) is 0 Å². The number of hydrogen-bond acceptors (Lipinski definition) is 0. The standard InChI is InChI=1S/C15H16/c1-4-5-8-12-11-15(2,3)14-10-7-6-9-13(12)14/h4-11H,1H2,2-3H3/b8-5-. The topological polar surface area (TPSA) is 0 Å². The molecule has 0 heteroatoms. The largest absolute Gasteiger partial charge is 0.0991 e. The molecule has 0 unspecified atom stereocenters. The Morgan fingerprint density at radius 3 is 2.67 bits per heavy atom. The van der Waals surface area contributed by atoms with Crippen LogP contribution in [0, 0.1) is 0 Å². The normalized spacial score (nSPS) is 17.6. The Bertz CT molecular complexity index is 445. The summed E-state index contributed by atoms with van der Waals surface area (Å²) in [6, 6.07) is 8.59. The summed E-state index contributed by atoms with van der Waals surface area (Å²) < 4.78 is 0. The summed E-state index contributed by atoms with van der Waals surface area (Å²) in [5, 5.41) is 0. The first-order valence-corrected chi connectivity index (χ1v) is 5.27. The summed E-state index contributed by atoms with van der Waals surface area (Å²) in [5.74, 6) is 0. The van der Waals surface area contributed by atoms with Crippen LogP contribution in [-0.4, -0.2) is 0 Å². The SMILES string of the molecule is C=C/C=C\C1=CC(C)(C)c2ccccc21. The maximum Gasteiger partial charge on any atom is 0.00906 e. The van der Waals surface area contributed by atoms with E-state index in [0.29, 0.717) is 0 Å². The molecule has 1 aliphatic carbocycles. The lowest BCUT2D eigenvalue weighted by Gasteiger charge is -2.16. The fourth-order valence-electron chi connectivity index (χ4n) is 2.15. The first-order chi connectivity index (χ1) is 7.15. The third-order valence-corrected chi connectivity index (χ3v) is 2.86. The quantitative estimate of drug-likeness (QED) is 0.625. The minimum atomic E-state index is 0.150. The minimum Gasteiger partial charge on any atom is -0.0991 e. The molecule has 1 aromatic carbocycles. The van der Waals surface area contributed by atoms with Crippen LogP contribution in [0.2, 0.25) is 0 Å². The highest BCUT2D eigenvalue weighted by molar-refractivity contribution is 5.82. The first kappa shape index (κ1) is 9.97. The van der Waals surface area contributed by atoms with Crippen molar-refractivity contribution >= 4 is 5.57 Å². The van der Waals surface area contributed by atoms with Crippen molar-refractivity contribution in [1.29, 1.82) is 0 Å². The van der Waals surface area contributed by atoms with Crippen molar-refractivity contribution < 1.29 is 0 Å². The van der Waals surface area contributed by atoms with Crippen LogP contribution >= 0.6 is 0 Å². The molecule has 0 heterocycles. The minimum absolute atomic E-state index is 0.150. The van der Waals surface area contributed by atoms with E-state index in [4.69, 9.17) is 0 Å². The number of rotatable bonds is 2. The van der Waals surface area contributed by atoms with Gasteiger partial charge in [0.1, 0.15) is 0 Å². The van der Waals surface area contributed by atoms with Gasteiger partial charge in [0, 0.05) is 5.41 Å². The molecule has 0 atom stereocenters. The molecule has 0 bridgehead atoms. The summed E-state index contributed by atoms with van der Waals surface area (Å²) >= 11 is 0. The predicted octanol–water partition coefficient (Wildman–Crippen LogP) is 4.10. The Morgan fingerprint density at radius 2 is 1.93 bits per heavy atom. The molecule has 0 radical (unpaired) electrons. The average molecular weight is 196 g/mol. The van der Waals surface area contributed by atoms with Crippen molar-refractivity contribution in [3.05, 3.63) is 66.3 Å². The van der Waals surface area contributed by atoms with Crippen LogP contribution in [0.15, 0.2) is 55.1 Å². The van der Waals surface area contributed by atoms with Crippen molar-refractivity contribution in [2.24, 2.45) is 0 Å². The van der Waals surface area contributed by atoms with E-state index in [-0.39, 0.29) is 5.41 Å². The van der Waals surface area contributed by atoms with E-state index in [1.54, 1.807) is 0 Å².